The van der Waals surface area contributed by atoms with Gasteiger partial charge in [0.25, 0.3) is 5.91 Å². The molecule has 0 unspecified atom stereocenters. The number of rotatable bonds is 6. The number of hydroxylamine groups is 2. The quantitative estimate of drug-likeness (QED) is 0.253. The molecule has 84 valence electrons. The maximum absolute atomic E-state index is 10.8. The molecule has 8 nitrogen and oxygen atoms in total. The molecule has 0 aliphatic heterocycles. The third-order valence-corrected chi connectivity index (χ3v) is 1.64. The summed E-state index contributed by atoms with van der Waals surface area (Å²) in [5, 5.41) is 17.5. The van der Waals surface area contributed by atoms with Crippen LogP contribution >= 0.6 is 7.82 Å². The number of phosphoric acid groups is 1. The van der Waals surface area contributed by atoms with E-state index in [1.165, 1.54) is 0 Å². The highest BCUT2D eigenvalue weighted by molar-refractivity contribution is 7.46. The summed E-state index contributed by atoms with van der Waals surface area (Å²) in [6.45, 7) is -1.24. The molecular formula is C5H12NO7P. The summed E-state index contributed by atoms with van der Waals surface area (Å²) in [5.41, 5.74) is 0. The highest BCUT2D eigenvalue weighted by Gasteiger charge is 2.18. The Labute approximate surface area is 79.9 Å². The van der Waals surface area contributed by atoms with Gasteiger partial charge in [-0.25, -0.2) is 9.63 Å². The van der Waals surface area contributed by atoms with Crippen LogP contribution in [0.4, 0.5) is 0 Å². The number of nitrogens with zero attached hydrogens (tertiary/aromatic N) is 1. The second kappa shape index (κ2) is 6.07. The van der Waals surface area contributed by atoms with E-state index in [4.69, 9.17) is 20.1 Å². The summed E-state index contributed by atoms with van der Waals surface area (Å²) in [5.74, 6) is -0.984. The van der Waals surface area contributed by atoms with Gasteiger partial charge in [0.15, 0.2) is 0 Å². The van der Waals surface area contributed by atoms with Gasteiger partial charge < -0.3 is 14.9 Å². The first kappa shape index (κ1) is 13.5. The van der Waals surface area contributed by atoms with Crippen LogP contribution in [0.25, 0.3) is 0 Å². The van der Waals surface area contributed by atoms with Gasteiger partial charge in [0.1, 0.15) is 6.61 Å². The van der Waals surface area contributed by atoms with Crippen LogP contribution in [0.1, 0.15) is 6.42 Å². The van der Waals surface area contributed by atoms with Gasteiger partial charge >= 0.3 is 7.82 Å². The van der Waals surface area contributed by atoms with Crippen molar-refractivity contribution in [2.75, 3.05) is 19.8 Å². The normalized spacial score (nSPS) is 11.4. The molecule has 1 amide bonds. The third-order valence-electron chi connectivity index (χ3n) is 1.17. The lowest BCUT2D eigenvalue weighted by molar-refractivity contribution is -0.168. The fraction of sp³-hybridized carbons (Fsp3) is 0.800. The Hall–Kier alpha value is -0.500. The summed E-state index contributed by atoms with van der Waals surface area (Å²) in [6, 6.07) is 0. The molecule has 4 N–H and O–H groups in total. The number of carbonyl (C=O) groups excluding carboxylic acids is 1. The molecule has 0 rings (SSSR count). The van der Waals surface area contributed by atoms with E-state index in [2.05, 4.69) is 4.52 Å². The standard InChI is InChI=1S/C5H12NO7P/c7-3-1-2-6(9)5(8)4-13-14(10,11)12/h7,9H,1-4H2,(H2,10,11,12). The summed E-state index contributed by atoms with van der Waals surface area (Å²) in [6.07, 6.45) is 0.165. The molecule has 0 aromatic heterocycles. The van der Waals surface area contributed by atoms with Crippen molar-refractivity contribution in [1.29, 1.82) is 0 Å². The third kappa shape index (κ3) is 6.96. The van der Waals surface area contributed by atoms with Gasteiger partial charge in [-0.1, -0.05) is 0 Å². The topological polar surface area (TPSA) is 128 Å². The Balaban J connectivity index is 3.79. The van der Waals surface area contributed by atoms with Crippen molar-refractivity contribution in [2.24, 2.45) is 0 Å². The minimum absolute atomic E-state index is 0.125. The molecule has 0 aromatic carbocycles. The second-order valence-corrected chi connectivity index (χ2v) is 3.60. The van der Waals surface area contributed by atoms with E-state index in [-0.39, 0.29) is 24.6 Å². The zero-order valence-corrected chi connectivity index (χ0v) is 8.13. The lowest BCUT2D eigenvalue weighted by Crippen LogP contribution is -2.31. The van der Waals surface area contributed by atoms with Gasteiger partial charge in [0.2, 0.25) is 0 Å². The highest BCUT2D eigenvalue weighted by Crippen LogP contribution is 2.35. The highest BCUT2D eigenvalue weighted by atomic mass is 31.2. The van der Waals surface area contributed by atoms with E-state index in [1.54, 1.807) is 0 Å². The summed E-state index contributed by atoms with van der Waals surface area (Å²) in [7, 11) is -4.69. The molecule has 0 saturated carbocycles. The SMILES string of the molecule is O=C(COP(=O)(O)O)N(O)CCCO. The van der Waals surface area contributed by atoms with Crippen LogP contribution in [-0.4, -0.2) is 50.8 Å². The Morgan fingerprint density at radius 3 is 2.43 bits per heavy atom. The smallest absolute Gasteiger partial charge is 0.396 e. The van der Waals surface area contributed by atoms with Gasteiger partial charge in [0.05, 0.1) is 6.54 Å². The van der Waals surface area contributed by atoms with Crippen LogP contribution in [0.15, 0.2) is 0 Å². The van der Waals surface area contributed by atoms with Crippen LogP contribution in [0, 0.1) is 0 Å². The zero-order chi connectivity index (χ0) is 11.2. The minimum Gasteiger partial charge on any atom is -0.396 e. The molecule has 0 aliphatic rings. The lowest BCUT2D eigenvalue weighted by Gasteiger charge is -2.14. The Bertz CT molecular complexity index is 226. The van der Waals surface area contributed by atoms with Crippen molar-refractivity contribution in [3.05, 3.63) is 0 Å². The molecule has 0 aromatic rings. The van der Waals surface area contributed by atoms with Crippen LogP contribution in [0.5, 0.6) is 0 Å². The molecule has 0 heterocycles. The molecule has 0 radical (unpaired) electrons. The number of aliphatic hydroxyl groups excluding tert-OH is 1. The van der Waals surface area contributed by atoms with E-state index >= 15 is 0 Å². The van der Waals surface area contributed by atoms with Gasteiger partial charge in [-0.05, 0) is 6.42 Å². The van der Waals surface area contributed by atoms with E-state index in [0.29, 0.717) is 0 Å². The lowest BCUT2D eigenvalue weighted by atomic mass is 10.4. The molecule has 0 fully saturated rings. The molecular weight excluding hydrogens is 217 g/mol. The average molecular weight is 229 g/mol. The van der Waals surface area contributed by atoms with Gasteiger partial charge in [-0.2, -0.15) is 0 Å². The minimum atomic E-state index is -4.69. The number of carbonyl (C=O) groups is 1. The van der Waals surface area contributed by atoms with E-state index < -0.39 is 20.3 Å². The van der Waals surface area contributed by atoms with Crippen molar-refractivity contribution in [3.63, 3.8) is 0 Å². The van der Waals surface area contributed by atoms with Crippen LogP contribution in [0.3, 0.4) is 0 Å². The number of phosphoric ester groups is 1. The first-order valence-corrected chi connectivity index (χ1v) is 5.20. The van der Waals surface area contributed by atoms with Gasteiger partial charge in [-0.3, -0.25) is 14.5 Å². The molecule has 0 aliphatic carbocycles. The molecule has 14 heavy (non-hydrogen) atoms. The van der Waals surface area contributed by atoms with Crippen LogP contribution in [-0.2, 0) is 13.9 Å². The van der Waals surface area contributed by atoms with Crippen molar-refractivity contribution in [3.8, 4) is 0 Å². The van der Waals surface area contributed by atoms with Crippen molar-refractivity contribution in [1.82, 2.24) is 5.06 Å². The zero-order valence-electron chi connectivity index (χ0n) is 7.24. The maximum atomic E-state index is 10.8. The Kier molecular flexibility index (Phi) is 5.86. The second-order valence-electron chi connectivity index (χ2n) is 2.36. The largest absolute Gasteiger partial charge is 0.470 e. The molecule has 0 saturated heterocycles. The predicted octanol–water partition coefficient (Wildman–Crippen LogP) is -1.30. The van der Waals surface area contributed by atoms with Gasteiger partial charge in [0, 0.05) is 6.61 Å². The Morgan fingerprint density at radius 2 is 2.00 bits per heavy atom. The number of hydrogen-bond acceptors (Lipinski definition) is 5. The first-order chi connectivity index (χ1) is 6.37. The summed E-state index contributed by atoms with van der Waals surface area (Å²) in [4.78, 5) is 27.3. The average Bonchev–Trinajstić information content (AvgIpc) is 2.09. The molecule has 0 atom stereocenters. The monoisotopic (exact) mass is 229 g/mol. The van der Waals surface area contributed by atoms with E-state index in [0.717, 1.165) is 0 Å². The predicted molar refractivity (Wildman–Crippen MR) is 43.2 cm³/mol. The molecule has 9 heteroatoms. The van der Waals surface area contributed by atoms with Crippen molar-refractivity contribution in [2.45, 2.75) is 6.42 Å². The fourth-order valence-corrected chi connectivity index (χ4v) is 0.838. The summed E-state index contributed by atoms with van der Waals surface area (Å²) >= 11 is 0. The van der Waals surface area contributed by atoms with Gasteiger partial charge in [-0.15, -0.1) is 0 Å². The summed E-state index contributed by atoms with van der Waals surface area (Å²) < 4.78 is 14.0. The first-order valence-electron chi connectivity index (χ1n) is 3.67. The van der Waals surface area contributed by atoms with Crippen LogP contribution < -0.4 is 0 Å². The fourth-order valence-electron chi connectivity index (χ4n) is 0.559. The molecule has 0 spiro atoms. The van der Waals surface area contributed by atoms with Crippen molar-refractivity contribution >= 4 is 13.7 Å². The van der Waals surface area contributed by atoms with E-state index in [9.17, 15) is 9.36 Å². The maximum Gasteiger partial charge on any atom is 0.470 e. The van der Waals surface area contributed by atoms with E-state index in [1.807, 2.05) is 0 Å². The van der Waals surface area contributed by atoms with Crippen molar-refractivity contribution < 1.29 is 34.0 Å². The van der Waals surface area contributed by atoms with Crippen LogP contribution in [0.2, 0.25) is 0 Å². The number of aliphatic hydroxyl groups is 1. The molecule has 0 bridgehead atoms. The Morgan fingerprint density at radius 1 is 1.43 bits per heavy atom. The number of amides is 1. The number of hydrogen-bond donors (Lipinski definition) is 4.